The number of nitrogens with one attached hydrogen (secondary N) is 1. The Hall–Kier alpha value is -1.07. The van der Waals surface area contributed by atoms with Crippen LogP contribution in [0.3, 0.4) is 0 Å². The number of phosphoric ester groups is 1. The molecule has 136 valence electrons. The van der Waals surface area contributed by atoms with E-state index in [0.717, 1.165) is 0 Å². The SMILES string of the molecule is COCC(COP(=O)(OCCNCC(=O)O)OCC(=O)O)OC. The van der Waals surface area contributed by atoms with E-state index in [1.165, 1.54) is 14.2 Å². The minimum absolute atomic E-state index is 0.0574. The van der Waals surface area contributed by atoms with Crippen LogP contribution >= 0.6 is 7.82 Å². The van der Waals surface area contributed by atoms with Crippen LogP contribution in [0.25, 0.3) is 0 Å². The zero-order valence-corrected chi connectivity index (χ0v) is 13.8. The fourth-order valence-electron chi connectivity index (χ4n) is 1.22. The molecular weight excluding hydrogens is 337 g/mol. The van der Waals surface area contributed by atoms with E-state index in [2.05, 4.69) is 9.84 Å². The molecule has 0 radical (unpaired) electrons. The van der Waals surface area contributed by atoms with Gasteiger partial charge < -0.3 is 25.0 Å². The Morgan fingerprint density at radius 1 is 1.09 bits per heavy atom. The van der Waals surface area contributed by atoms with Gasteiger partial charge in [-0.2, -0.15) is 0 Å². The summed E-state index contributed by atoms with van der Waals surface area (Å²) in [7, 11) is -1.29. The maximum atomic E-state index is 12.3. The van der Waals surface area contributed by atoms with Crippen molar-refractivity contribution in [1.29, 1.82) is 0 Å². The fraction of sp³-hybridized carbons (Fsp3) is 0.818. The highest BCUT2D eigenvalue weighted by Crippen LogP contribution is 2.49. The molecule has 0 saturated heterocycles. The number of methoxy groups -OCH3 is 2. The molecule has 0 spiro atoms. The standard InChI is InChI=1S/C11H22NO10P/c1-18-6-9(19-2)7-21-23(17,22-8-11(15)16)20-4-3-12-5-10(13)14/h9,12H,3-8H2,1-2H3,(H,13,14)(H,15,16). The third-order valence-electron chi connectivity index (χ3n) is 2.26. The van der Waals surface area contributed by atoms with Gasteiger partial charge in [0.25, 0.3) is 0 Å². The van der Waals surface area contributed by atoms with E-state index in [1.54, 1.807) is 0 Å². The average Bonchev–Trinajstić information content (AvgIpc) is 2.49. The number of rotatable bonds is 15. The predicted octanol–water partition coefficient (Wildman–Crippen LogP) is -0.435. The molecule has 11 nitrogen and oxygen atoms in total. The summed E-state index contributed by atoms with van der Waals surface area (Å²) >= 11 is 0. The van der Waals surface area contributed by atoms with Crippen LogP contribution in [0.5, 0.6) is 0 Å². The lowest BCUT2D eigenvalue weighted by Gasteiger charge is -2.20. The van der Waals surface area contributed by atoms with Gasteiger partial charge in [-0.1, -0.05) is 0 Å². The molecule has 2 unspecified atom stereocenters. The number of ether oxygens (including phenoxy) is 2. The summed E-state index contributed by atoms with van der Waals surface area (Å²) in [4.78, 5) is 20.8. The molecule has 0 heterocycles. The van der Waals surface area contributed by atoms with Crippen molar-refractivity contribution in [1.82, 2.24) is 5.32 Å². The lowest BCUT2D eigenvalue weighted by Crippen LogP contribution is -2.27. The van der Waals surface area contributed by atoms with Gasteiger partial charge in [0.15, 0.2) is 6.61 Å². The van der Waals surface area contributed by atoms with Crippen molar-refractivity contribution < 1.29 is 47.4 Å². The molecule has 0 amide bonds. The van der Waals surface area contributed by atoms with Gasteiger partial charge in [0.05, 0.1) is 26.4 Å². The Balaban J connectivity index is 4.41. The van der Waals surface area contributed by atoms with Crippen LogP contribution in [-0.4, -0.2) is 82.0 Å². The van der Waals surface area contributed by atoms with E-state index in [0.29, 0.717) is 0 Å². The van der Waals surface area contributed by atoms with E-state index in [4.69, 9.17) is 28.7 Å². The number of carbonyl (C=O) groups is 2. The second-order valence-electron chi connectivity index (χ2n) is 4.13. The van der Waals surface area contributed by atoms with E-state index >= 15 is 0 Å². The summed E-state index contributed by atoms with van der Waals surface area (Å²) in [6.45, 7) is -1.36. The smallest absolute Gasteiger partial charge is 0.475 e. The molecule has 0 aromatic rings. The number of hydrogen-bond acceptors (Lipinski definition) is 9. The summed E-state index contributed by atoms with van der Waals surface area (Å²) in [5.41, 5.74) is 0. The molecule has 0 rings (SSSR count). The van der Waals surface area contributed by atoms with Crippen LogP contribution in [0.2, 0.25) is 0 Å². The molecule has 12 heteroatoms. The van der Waals surface area contributed by atoms with Crippen LogP contribution in [0, 0.1) is 0 Å². The quantitative estimate of drug-likeness (QED) is 0.258. The van der Waals surface area contributed by atoms with Crippen molar-refractivity contribution >= 4 is 19.8 Å². The van der Waals surface area contributed by atoms with E-state index in [-0.39, 0.29) is 32.9 Å². The van der Waals surface area contributed by atoms with Crippen LogP contribution in [0.15, 0.2) is 0 Å². The summed E-state index contributed by atoms with van der Waals surface area (Å²) in [6.07, 6.45) is -0.546. The second-order valence-corrected chi connectivity index (χ2v) is 5.80. The summed E-state index contributed by atoms with van der Waals surface area (Å²) in [6, 6.07) is 0. The molecular formula is C11H22NO10P. The zero-order chi connectivity index (χ0) is 17.7. The van der Waals surface area contributed by atoms with Gasteiger partial charge in [0.1, 0.15) is 6.10 Å². The Bertz CT molecular complexity index is 404. The normalized spacial score (nSPS) is 15.0. The monoisotopic (exact) mass is 359 g/mol. The van der Waals surface area contributed by atoms with Crippen molar-refractivity contribution in [2.45, 2.75) is 6.10 Å². The van der Waals surface area contributed by atoms with Crippen LogP contribution in [-0.2, 0) is 37.2 Å². The lowest BCUT2D eigenvalue weighted by molar-refractivity contribution is -0.140. The first kappa shape index (κ1) is 21.9. The number of carboxylic acids is 2. The summed E-state index contributed by atoms with van der Waals surface area (Å²) < 4.78 is 36.7. The number of hydrogen-bond donors (Lipinski definition) is 3. The van der Waals surface area contributed by atoms with Crippen LogP contribution in [0.1, 0.15) is 0 Å². The molecule has 0 fully saturated rings. The van der Waals surface area contributed by atoms with Gasteiger partial charge in [-0.25, -0.2) is 9.36 Å². The first-order chi connectivity index (χ1) is 10.8. The lowest BCUT2D eigenvalue weighted by atomic mass is 10.4. The molecule has 0 aliphatic heterocycles. The molecule has 0 aliphatic carbocycles. The Labute approximate surface area is 133 Å². The predicted molar refractivity (Wildman–Crippen MR) is 76.3 cm³/mol. The largest absolute Gasteiger partial charge is 0.480 e. The third-order valence-corrected chi connectivity index (χ3v) is 3.66. The first-order valence-electron chi connectivity index (χ1n) is 6.52. The molecule has 2 atom stereocenters. The van der Waals surface area contributed by atoms with Crippen LogP contribution in [0.4, 0.5) is 0 Å². The maximum Gasteiger partial charge on any atom is 0.475 e. The van der Waals surface area contributed by atoms with Gasteiger partial charge in [-0.3, -0.25) is 18.4 Å². The van der Waals surface area contributed by atoms with Crippen molar-refractivity contribution in [3.05, 3.63) is 0 Å². The number of phosphoric acid groups is 1. The zero-order valence-electron chi connectivity index (χ0n) is 12.9. The second kappa shape index (κ2) is 12.4. The highest BCUT2D eigenvalue weighted by Gasteiger charge is 2.29. The van der Waals surface area contributed by atoms with Crippen molar-refractivity contribution in [3.63, 3.8) is 0 Å². The molecule has 0 aromatic carbocycles. The molecule has 0 aromatic heterocycles. The number of carboxylic acid groups (broad SMARTS) is 2. The Morgan fingerprint density at radius 2 is 1.78 bits per heavy atom. The minimum atomic E-state index is -4.13. The summed E-state index contributed by atoms with van der Waals surface area (Å²) in [5, 5.41) is 19.5. The first-order valence-corrected chi connectivity index (χ1v) is 7.98. The van der Waals surface area contributed by atoms with Gasteiger partial charge in [0, 0.05) is 20.8 Å². The Kier molecular flexibility index (Phi) is 11.8. The highest BCUT2D eigenvalue weighted by molar-refractivity contribution is 7.48. The van der Waals surface area contributed by atoms with Crippen LogP contribution < -0.4 is 5.32 Å². The number of aliphatic carboxylic acids is 2. The molecule has 23 heavy (non-hydrogen) atoms. The Morgan fingerprint density at radius 3 is 2.30 bits per heavy atom. The molecule has 3 N–H and O–H groups in total. The fourth-order valence-corrected chi connectivity index (χ4v) is 2.37. The van der Waals surface area contributed by atoms with Gasteiger partial charge in [0.2, 0.25) is 0 Å². The van der Waals surface area contributed by atoms with Gasteiger partial charge >= 0.3 is 19.8 Å². The maximum absolute atomic E-state index is 12.3. The van der Waals surface area contributed by atoms with Gasteiger partial charge in [-0.05, 0) is 0 Å². The molecule has 0 saturated carbocycles. The summed E-state index contributed by atoms with van der Waals surface area (Å²) in [5.74, 6) is -2.41. The van der Waals surface area contributed by atoms with Crippen molar-refractivity contribution in [2.75, 3.05) is 53.7 Å². The van der Waals surface area contributed by atoms with E-state index < -0.39 is 32.5 Å². The van der Waals surface area contributed by atoms with Crippen molar-refractivity contribution in [2.24, 2.45) is 0 Å². The molecule has 0 bridgehead atoms. The van der Waals surface area contributed by atoms with E-state index in [1.807, 2.05) is 0 Å². The third kappa shape index (κ3) is 12.1. The average molecular weight is 359 g/mol. The highest BCUT2D eigenvalue weighted by atomic mass is 31.2. The van der Waals surface area contributed by atoms with E-state index in [9.17, 15) is 14.2 Å². The van der Waals surface area contributed by atoms with Gasteiger partial charge in [-0.15, -0.1) is 0 Å². The topological polar surface area (TPSA) is 150 Å². The van der Waals surface area contributed by atoms with Crippen molar-refractivity contribution in [3.8, 4) is 0 Å². The minimum Gasteiger partial charge on any atom is -0.480 e. The molecule has 0 aliphatic rings.